The molecule has 0 aliphatic carbocycles. The molecule has 0 bridgehead atoms. The minimum absolute atomic E-state index is 0.0556. The van der Waals surface area contributed by atoms with Crippen molar-refractivity contribution in [2.75, 3.05) is 16.8 Å². The molecule has 1 fully saturated rings. The molecule has 0 saturated carbocycles. The average Bonchev–Trinajstić information content (AvgIpc) is 3.33. The lowest BCUT2D eigenvalue weighted by Crippen LogP contribution is -2.28. The first kappa shape index (κ1) is 17.3. The van der Waals surface area contributed by atoms with Crippen LogP contribution in [-0.4, -0.2) is 38.6 Å². The van der Waals surface area contributed by atoms with Crippen LogP contribution in [0.4, 0.5) is 11.4 Å². The highest BCUT2D eigenvalue weighted by Crippen LogP contribution is 2.27. The van der Waals surface area contributed by atoms with Gasteiger partial charge >= 0.3 is 0 Å². The van der Waals surface area contributed by atoms with Crippen LogP contribution in [0.1, 0.15) is 6.42 Å². The number of rotatable bonds is 4. The molecule has 1 aromatic heterocycles. The van der Waals surface area contributed by atoms with Gasteiger partial charge in [-0.1, -0.05) is 22.0 Å². The van der Waals surface area contributed by atoms with Gasteiger partial charge in [-0.15, -0.1) is 5.10 Å². The summed E-state index contributed by atoms with van der Waals surface area (Å²) >= 11 is 3.38. The van der Waals surface area contributed by atoms with Gasteiger partial charge in [0.15, 0.2) is 0 Å². The number of nitrogens with one attached hydrogen (secondary N) is 1. The Bertz CT molecular complexity index is 974. The predicted octanol–water partition coefficient (Wildman–Crippen LogP) is 2.42. The Morgan fingerprint density at radius 2 is 1.96 bits per heavy atom. The van der Waals surface area contributed by atoms with Crippen molar-refractivity contribution in [2.24, 2.45) is 5.92 Å². The van der Waals surface area contributed by atoms with Crippen LogP contribution in [0.15, 0.2) is 59.3 Å². The Labute approximate surface area is 163 Å². The van der Waals surface area contributed by atoms with E-state index in [0.717, 1.165) is 15.8 Å². The van der Waals surface area contributed by atoms with E-state index < -0.39 is 5.92 Å². The first-order chi connectivity index (χ1) is 13.1. The molecule has 4 rings (SSSR count). The van der Waals surface area contributed by atoms with Gasteiger partial charge in [-0.25, -0.2) is 4.68 Å². The van der Waals surface area contributed by atoms with E-state index in [4.69, 9.17) is 0 Å². The predicted molar refractivity (Wildman–Crippen MR) is 102 cm³/mol. The van der Waals surface area contributed by atoms with Crippen LogP contribution >= 0.6 is 15.9 Å². The second-order valence-corrected chi connectivity index (χ2v) is 7.09. The van der Waals surface area contributed by atoms with Crippen molar-refractivity contribution in [1.82, 2.24) is 20.2 Å². The van der Waals surface area contributed by atoms with Gasteiger partial charge in [-0.3, -0.25) is 9.59 Å². The van der Waals surface area contributed by atoms with Crippen molar-refractivity contribution in [3.63, 3.8) is 0 Å². The molecule has 1 aliphatic rings. The van der Waals surface area contributed by atoms with Gasteiger partial charge in [0.25, 0.3) is 0 Å². The summed E-state index contributed by atoms with van der Waals surface area (Å²) in [5.74, 6) is -0.644. The van der Waals surface area contributed by atoms with Gasteiger partial charge in [0.2, 0.25) is 11.8 Å². The Morgan fingerprint density at radius 1 is 1.15 bits per heavy atom. The number of nitrogens with zero attached hydrogens (tertiary/aromatic N) is 5. The lowest BCUT2D eigenvalue weighted by Gasteiger charge is -2.17. The maximum atomic E-state index is 12.6. The van der Waals surface area contributed by atoms with Crippen LogP contribution in [0.5, 0.6) is 0 Å². The maximum Gasteiger partial charge on any atom is 0.229 e. The van der Waals surface area contributed by atoms with Crippen LogP contribution in [-0.2, 0) is 9.59 Å². The lowest BCUT2D eigenvalue weighted by molar-refractivity contribution is -0.122. The zero-order valence-electron chi connectivity index (χ0n) is 14.1. The number of halogens is 1. The fraction of sp³-hybridized carbons (Fsp3) is 0.167. The van der Waals surface area contributed by atoms with Crippen LogP contribution in [0, 0.1) is 5.92 Å². The Kier molecular flexibility index (Phi) is 4.68. The van der Waals surface area contributed by atoms with Crippen molar-refractivity contribution in [1.29, 1.82) is 0 Å². The molecule has 2 amide bonds. The summed E-state index contributed by atoms with van der Waals surface area (Å²) in [5.41, 5.74) is 2.15. The third kappa shape index (κ3) is 3.72. The summed E-state index contributed by atoms with van der Waals surface area (Å²) in [6, 6.07) is 14.7. The summed E-state index contributed by atoms with van der Waals surface area (Å²) in [4.78, 5) is 26.6. The van der Waals surface area contributed by atoms with Gasteiger partial charge in [0, 0.05) is 28.8 Å². The number of hydrogen-bond donors (Lipinski definition) is 1. The quantitative estimate of drug-likeness (QED) is 0.691. The molecule has 2 heterocycles. The summed E-state index contributed by atoms with van der Waals surface area (Å²) in [6.45, 7) is 0.360. The molecule has 2 aromatic carbocycles. The molecule has 8 nitrogen and oxygen atoms in total. The molecule has 0 spiro atoms. The van der Waals surface area contributed by atoms with Crippen molar-refractivity contribution >= 4 is 39.1 Å². The number of hydrogen-bond acceptors (Lipinski definition) is 5. The van der Waals surface area contributed by atoms with E-state index in [2.05, 4.69) is 36.8 Å². The molecule has 1 unspecified atom stereocenters. The second-order valence-electron chi connectivity index (χ2n) is 6.18. The third-order valence-electron chi connectivity index (χ3n) is 4.36. The van der Waals surface area contributed by atoms with E-state index in [0.29, 0.717) is 12.2 Å². The minimum Gasteiger partial charge on any atom is -0.326 e. The topological polar surface area (TPSA) is 93.0 Å². The van der Waals surface area contributed by atoms with Gasteiger partial charge in [-0.05, 0) is 52.9 Å². The Balaban J connectivity index is 1.45. The zero-order chi connectivity index (χ0) is 18.8. The second kappa shape index (κ2) is 7.28. The van der Waals surface area contributed by atoms with E-state index in [1.807, 2.05) is 30.3 Å². The molecule has 3 aromatic rings. The highest BCUT2D eigenvalue weighted by molar-refractivity contribution is 9.10. The number of benzene rings is 2. The van der Waals surface area contributed by atoms with E-state index >= 15 is 0 Å². The van der Waals surface area contributed by atoms with Crippen molar-refractivity contribution in [2.45, 2.75) is 6.42 Å². The highest BCUT2D eigenvalue weighted by Gasteiger charge is 2.35. The first-order valence-corrected chi connectivity index (χ1v) is 9.10. The normalized spacial score (nSPS) is 16.6. The van der Waals surface area contributed by atoms with Gasteiger partial charge in [0.1, 0.15) is 6.33 Å². The van der Waals surface area contributed by atoms with Crippen LogP contribution in [0.25, 0.3) is 5.69 Å². The van der Waals surface area contributed by atoms with Crippen LogP contribution in [0.3, 0.4) is 0 Å². The van der Waals surface area contributed by atoms with Crippen molar-refractivity contribution in [3.05, 3.63) is 59.3 Å². The fourth-order valence-corrected chi connectivity index (χ4v) is 3.27. The molecule has 1 N–H and O–H groups in total. The van der Waals surface area contributed by atoms with Gasteiger partial charge in [-0.2, -0.15) is 0 Å². The molecular weight excluding hydrogens is 412 g/mol. The number of carbonyl (C=O) groups excluding carboxylic acids is 2. The molecule has 1 atom stereocenters. The summed E-state index contributed by atoms with van der Waals surface area (Å²) in [7, 11) is 0. The fourth-order valence-electron chi connectivity index (χ4n) is 3.00. The highest BCUT2D eigenvalue weighted by atomic mass is 79.9. The molecule has 136 valence electrons. The Morgan fingerprint density at radius 3 is 2.70 bits per heavy atom. The van der Waals surface area contributed by atoms with E-state index in [-0.39, 0.29) is 18.2 Å². The molecule has 9 heteroatoms. The molecular formula is C18H15BrN6O2. The summed E-state index contributed by atoms with van der Waals surface area (Å²) in [5, 5.41) is 13.9. The van der Waals surface area contributed by atoms with Crippen LogP contribution < -0.4 is 10.2 Å². The molecule has 1 saturated heterocycles. The van der Waals surface area contributed by atoms with E-state index in [1.165, 1.54) is 11.0 Å². The minimum atomic E-state index is -0.405. The number of amides is 2. The average molecular weight is 427 g/mol. The van der Waals surface area contributed by atoms with Gasteiger partial charge < -0.3 is 10.2 Å². The maximum absolute atomic E-state index is 12.6. The standard InChI is InChI=1S/C18H15BrN6O2/c19-13-4-6-15(7-5-13)24-10-12(8-17(24)26)18(27)21-14-2-1-3-16(9-14)25-11-20-22-23-25/h1-7,9,11-12H,8,10H2,(H,21,27). The first-order valence-electron chi connectivity index (χ1n) is 8.30. The summed E-state index contributed by atoms with van der Waals surface area (Å²) in [6.07, 6.45) is 1.67. The summed E-state index contributed by atoms with van der Waals surface area (Å²) < 4.78 is 2.44. The SMILES string of the molecule is O=C(Nc1cccc(-n2cnnn2)c1)C1CC(=O)N(c2ccc(Br)cc2)C1. The number of anilines is 2. The third-order valence-corrected chi connectivity index (χ3v) is 4.89. The van der Waals surface area contributed by atoms with Gasteiger partial charge in [0.05, 0.1) is 11.6 Å². The molecule has 1 aliphatic heterocycles. The van der Waals surface area contributed by atoms with E-state index in [1.54, 1.807) is 23.1 Å². The number of aromatic nitrogens is 4. The largest absolute Gasteiger partial charge is 0.326 e. The zero-order valence-corrected chi connectivity index (χ0v) is 15.7. The van der Waals surface area contributed by atoms with E-state index in [9.17, 15) is 9.59 Å². The Hall–Kier alpha value is -3.07. The van der Waals surface area contributed by atoms with Crippen molar-refractivity contribution in [3.8, 4) is 5.69 Å². The molecule has 27 heavy (non-hydrogen) atoms. The monoisotopic (exact) mass is 426 g/mol. The smallest absolute Gasteiger partial charge is 0.229 e. The van der Waals surface area contributed by atoms with Crippen LogP contribution in [0.2, 0.25) is 0 Å². The number of carbonyl (C=O) groups is 2. The number of tetrazole rings is 1. The van der Waals surface area contributed by atoms with Crippen molar-refractivity contribution < 1.29 is 9.59 Å². The lowest BCUT2D eigenvalue weighted by atomic mass is 10.1. The molecule has 0 radical (unpaired) electrons.